The molecule has 0 spiro atoms. The lowest BCUT2D eigenvalue weighted by Gasteiger charge is -2.10. The Balaban J connectivity index is 1.53. The van der Waals surface area contributed by atoms with E-state index in [2.05, 4.69) is 15.3 Å². The number of benzene rings is 2. The van der Waals surface area contributed by atoms with Gasteiger partial charge in [-0.2, -0.15) is 0 Å². The van der Waals surface area contributed by atoms with E-state index in [1.54, 1.807) is 29.7 Å². The van der Waals surface area contributed by atoms with E-state index in [-0.39, 0.29) is 5.91 Å². The third kappa shape index (κ3) is 3.66. The van der Waals surface area contributed by atoms with E-state index in [0.29, 0.717) is 23.6 Å². The molecule has 6 heteroatoms. The van der Waals surface area contributed by atoms with Gasteiger partial charge in [-0.15, -0.1) is 0 Å². The van der Waals surface area contributed by atoms with E-state index in [0.717, 1.165) is 20.9 Å². The van der Waals surface area contributed by atoms with E-state index in [4.69, 9.17) is 4.74 Å². The third-order valence-corrected chi connectivity index (χ3v) is 5.02. The van der Waals surface area contributed by atoms with Gasteiger partial charge in [0.05, 0.1) is 12.2 Å². The number of nitrogens with zero attached hydrogens (tertiary/aromatic N) is 2. The predicted octanol–water partition coefficient (Wildman–Crippen LogP) is 5.01. The number of rotatable bonds is 5. The van der Waals surface area contributed by atoms with Crippen LogP contribution < -0.4 is 10.1 Å². The van der Waals surface area contributed by atoms with E-state index >= 15 is 0 Å². The highest BCUT2D eigenvalue weighted by molar-refractivity contribution is 7.21. The maximum absolute atomic E-state index is 12.6. The van der Waals surface area contributed by atoms with Crippen molar-refractivity contribution in [3.63, 3.8) is 0 Å². The quantitative estimate of drug-likeness (QED) is 0.533. The molecular formula is C21H17N3O2S. The van der Waals surface area contributed by atoms with Gasteiger partial charge in [-0.25, -0.2) is 9.97 Å². The molecule has 0 atom stereocenters. The summed E-state index contributed by atoms with van der Waals surface area (Å²) in [5.74, 6) is 0.382. The third-order valence-electron chi connectivity index (χ3n) is 3.99. The molecule has 4 aromatic rings. The summed E-state index contributed by atoms with van der Waals surface area (Å²) in [6, 6.07) is 18.7. The standard InChI is InChI=1S/C21H17N3O2S/c1-2-26-18-8-4-3-6-16(18)19(25)23-15-11-9-14(10-12-15)20-24-17-7-5-13-22-21(17)27-20/h3-13H,2H2,1H3,(H,23,25). The largest absolute Gasteiger partial charge is 0.493 e. The van der Waals surface area contributed by atoms with Crippen molar-refractivity contribution in [2.45, 2.75) is 6.92 Å². The van der Waals surface area contributed by atoms with E-state index < -0.39 is 0 Å². The molecule has 0 saturated carbocycles. The molecule has 27 heavy (non-hydrogen) atoms. The van der Waals surface area contributed by atoms with E-state index in [1.807, 2.05) is 55.5 Å². The SMILES string of the molecule is CCOc1ccccc1C(=O)Nc1ccc(-c2nc3cccnc3s2)cc1. The van der Waals surface area contributed by atoms with E-state index in [1.165, 1.54) is 0 Å². The van der Waals surface area contributed by atoms with Gasteiger partial charge in [0, 0.05) is 17.4 Å². The highest BCUT2D eigenvalue weighted by Crippen LogP contribution is 2.29. The van der Waals surface area contributed by atoms with Crippen molar-refractivity contribution < 1.29 is 9.53 Å². The van der Waals surface area contributed by atoms with Crippen molar-refractivity contribution >= 4 is 33.3 Å². The first-order valence-corrected chi connectivity index (χ1v) is 9.41. The average molecular weight is 375 g/mol. The average Bonchev–Trinajstić information content (AvgIpc) is 3.13. The monoisotopic (exact) mass is 375 g/mol. The Bertz CT molecular complexity index is 1060. The van der Waals surface area contributed by atoms with Crippen molar-refractivity contribution in [3.05, 3.63) is 72.4 Å². The fraction of sp³-hybridized carbons (Fsp3) is 0.0952. The Morgan fingerprint density at radius 3 is 2.67 bits per heavy atom. The highest BCUT2D eigenvalue weighted by atomic mass is 32.1. The molecule has 2 aromatic heterocycles. The van der Waals surface area contributed by atoms with Crippen molar-refractivity contribution in [1.82, 2.24) is 9.97 Å². The number of anilines is 1. The van der Waals surface area contributed by atoms with Crippen LogP contribution in [0.2, 0.25) is 0 Å². The van der Waals surface area contributed by atoms with Crippen molar-refractivity contribution in [3.8, 4) is 16.3 Å². The van der Waals surface area contributed by atoms with Crippen LogP contribution in [0.4, 0.5) is 5.69 Å². The maximum Gasteiger partial charge on any atom is 0.259 e. The first-order valence-electron chi connectivity index (χ1n) is 8.60. The molecule has 0 unspecified atom stereocenters. The molecular weight excluding hydrogens is 358 g/mol. The van der Waals surface area contributed by atoms with Gasteiger partial charge in [0.15, 0.2) is 0 Å². The smallest absolute Gasteiger partial charge is 0.259 e. The summed E-state index contributed by atoms with van der Waals surface area (Å²) in [6.45, 7) is 2.40. The second kappa shape index (κ2) is 7.55. The van der Waals surface area contributed by atoms with Crippen molar-refractivity contribution in [2.24, 2.45) is 0 Å². The van der Waals surface area contributed by atoms with Crippen LogP contribution in [0.1, 0.15) is 17.3 Å². The minimum atomic E-state index is -0.198. The van der Waals surface area contributed by atoms with Crippen molar-refractivity contribution in [1.29, 1.82) is 0 Å². The molecule has 0 aliphatic rings. The number of hydrogen-bond donors (Lipinski definition) is 1. The second-order valence-electron chi connectivity index (χ2n) is 5.81. The van der Waals surface area contributed by atoms with E-state index in [9.17, 15) is 4.79 Å². The predicted molar refractivity (Wildman–Crippen MR) is 108 cm³/mol. The Labute approximate surface area is 160 Å². The van der Waals surface area contributed by atoms with Gasteiger partial charge in [-0.05, 0) is 55.5 Å². The molecule has 2 heterocycles. The van der Waals surface area contributed by atoms with Crippen LogP contribution in [0, 0.1) is 0 Å². The van der Waals surface area contributed by atoms with Crippen LogP contribution in [-0.4, -0.2) is 22.5 Å². The second-order valence-corrected chi connectivity index (χ2v) is 6.78. The van der Waals surface area contributed by atoms with Gasteiger partial charge in [0.25, 0.3) is 5.91 Å². The number of amides is 1. The summed E-state index contributed by atoms with van der Waals surface area (Å²) in [5, 5.41) is 3.82. The van der Waals surface area contributed by atoms with Gasteiger partial charge in [0.1, 0.15) is 21.1 Å². The normalized spacial score (nSPS) is 10.7. The first-order chi connectivity index (χ1) is 13.2. The maximum atomic E-state index is 12.6. The van der Waals surface area contributed by atoms with Crippen LogP contribution >= 0.6 is 11.3 Å². The molecule has 0 saturated heterocycles. The molecule has 0 aliphatic heterocycles. The molecule has 2 aromatic carbocycles. The van der Waals surface area contributed by atoms with Gasteiger partial charge >= 0.3 is 0 Å². The number of aromatic nitrogens is 2. The lowest BCUT2D eigenvalue weighted by atomic mass is 10.1. The fourth-order valence-corrected chi connectivity index (χ4v) is 3.64. The lowest BCUT2D eigenvalue weighted by Crippen LogP contribution is -2.13. The van der Waals surface area contributed by atoms with Crippen LogP contribution in [0.25, 0.3) is 20.9 Å². The summed E-state index contributed by atoms with van der Waals surface area (Å²) in [4.78, 5) is 22.4. The first kappa shape index (κ1) is 17.2. The molecule has 0 bridgehead atoms. The number of carbonyl (C=O) groups is 1. The van der Waals surface area contributed by atoms with Crippen LogP contribution in [0.3, 0.4) is 0 Å². The summed E-state index contributed by atoms with van der Waals surface area (Å²) in [7, 11) is 0. The zero-order chi connectivity index (χ0) is 18.6. The Morgan fingerprint density at radius 1 is 1.07 bits per heavy atom. The number of nitrogens with one attached hydrogen (secondary N) is 1. The fourth-order valence-electron chi connectivity index (χ4n) is 2.72. The Kier molecular flexibility index (Phi) is 4.80. The number of hydrogen-bond acceptors (Lipinski definition) is 5. The van der Waals surface area contributed by atoms with Gasteiger partial charge in [-0.1, -0.05) is 23.5 Å². The molecule has 0 fully saturated rings. The summed E-state index contributed by atoms with van der Waals surface area (Å²) in [5.41, 5.74) is 3.11. The van der Waals surface area contributed by atoms with Gasteiger partial charge in [0.2, 0.25) is 0 Å². The molecule has 0 radical (unpaired) electrons. The van der Waals surface area contributed by atoms with Gasteiger partial charge < -0.3 is 10.1 Å². The van der Waals surface area contributed by atoms with Crippen LogP contribution in [-0.2, 0) is 0 Å². The number of ether oxygens (including phenoxy) is 1. The minimum Gasteiger partial charge on any atom is -0.493 e. The number of para-hydroxylation sites is 1. The Hall–Kier alpha value is -3.25. The molecule has 5 nitrogen and oxygen atoms in total. The van der Waals surface area contributed by atoms with Gasteiger partial charge in [-0.3, -0.25) is 4.79 Å². The summed E-state index contributed by atoms with van der Waals surface area (Å²) >= 11 is 1.55. The molecule has 0 aliphatic carbocycles. The number of thiazole rings is 1. The number of carbonyl (C=O) groups excluding carboxylic acids is 1. The number of fused-ring (bicyclic) bond motifs is 1. The highest BCUT2D eigenvalue weighted by Gasteiger charge is 2.12. The zero-order valence-corrected chi connectivity index (χ0v) is 15.5. The van der Waals surface area contributed by atoms with Crippen molar-refractivity contribution in [2.75, 3.05) is 11.9 Å². The summed E-state index contributed by atoms with van der Waals surface area (Å²) < 4.78 is 5.53. The van der Waals surface area contributed by atoms with Crippen LogP contribution in [0.15, 0.2) is 66.9 Å². The molecule has 134 valence electrons. The topological polar surface area (TPSA) is 64.1 Å². The van der Waals surface area contributed by atoms with Crippen LogP contribution in [0.5, 0.6) is 5.75 Å². The summed E-state index contributed by atoms with van der Waals surface area (Å²) in [6.07, 6.45) is 1.77. The lowest BCUT2D eigenvalue weighted by molar-refractivity contribution is 0.102. The molecule has 1 amide bonds. The number of pyridine rings is 1. The molecule has 1 N–H and O–H groups in total. The zero-order valence-electron chi connectivity index (χ0n) is 14.7. The minimum absolute atomic E-state index is 0.198. The molecule has 4 rings (SSSR count). The Morgan fingerprint density at radius 2 is 1.89 bits per heavy atom.